The van der Waals surface area contributed by atoms with Crippen molar-refractivity contribution in [3.63, 3.8) is 0 Å². The maximum atomic E-state index is 12.5. The fraction of sp³-hybridized carbons (Fsp3) is 0.455. The van der Waals surface area contributed by atoms with Crippen molar-refractivity contribution < 1.29 is 43.8 Å². The molecule has 0 fully saturated rings. The summed E-state index contributed by atoms with van der Waals surface area (Å²) in [5.74, 6) is -1.72. The Kier molecular flexibility index (Phi) is 5.83. The van der Waals surface area contributed by atoms with Gasteiger partial charge in [0.1, 0.15) is 0 Å². The number of hydrogen-bond acceptors (Lipinski definition) is 6. The van der Waals surface area contributed by atoms with Crippen LogP contribution in [0.4, 0.5) is 13.2 Å². The van der Waals surface area contributed by atoms with Crippen molar-refractivity contribution in [2.45, 2.75) is 30.0 Å². The monoisotopic (exact) mass is 412 g/mol. The van der Waals surface area contributed by atoms with Crippen LogP contribution in [0.15, 0.2) is 23.1 Å². The minimum Gasteiger partial charge on any atom is -0.381 e. The lowest BCUT2D eigenvalue weighted by Crippen LogP contribution is -2.43. The molecule has 0 amide bonds. The molecule has 0 spiro atoms. The SMILES string of the molecule is CC(O)(CCS(=O)(=O)Oc1ccc(S(=O)(=O)O)cc1Cl)C(F)(F)F. The molecule has 0 aliphatic heterocycles. The zero-order valence-corrected chi connectivity index (χ0v) is 14.3. The van der Waals surface area contributed by atoms with E-state index in [1.807, 2.05) is 0 Å². The number of benzene rings is 1. The van der Waals surface area contributed by atoms with Gasteiger partial charge in [-0.25, -0.2) is 0 Å². The number of halogens is 4. The van der Waals surface area contributed by atoms with Crippen LogP contribution in [-0.4, -0.2) is 44.0 Å². The van der Waals surface area contributed by atoms with Gasteiger partial charge in [-0.3, -0.25) is 4.55 Å². The fourth-order valence-corrected chi connectivity index (χ4v) is 3.34. The van der Waals surface area contributed by atoms with Gasteiger partial charge in [0.05, 0.1) is 15.7 Å². The van der Waals surface area contributed by atoms with Crippen molar-refractivity contribution in [3.05, 3.63) is 23.2 Å². The van der Waals surface area contributed by atoms with E-state index >= 15 is 0 Å². The molecule has 1 atom stereocenters. The summed E-state index contributed by atoms with van der Waals surface area (Å²) in [7, 11) is -9.13. The van der Waals surface area contributed by atoms with Gasteiger partial charge in [0, 0.05) is 6.42 Å². The zero-order valence-electron chi connectivity index (χ0n) is 11.9. The first-order chi connectivity index (χ1) is 10.6. The second kappa shape index (κ2) is 6.67. The number of aliphatic hydroxyl groups is 1. The molecule has 0 radical (unpaired) electrons. The highest BCUT2D eigenvalue weighted by Gasteiger charge is 2.50. The third-order valence-electron chi connectivity index (χ3n) is 2.87. The lowest BCUT2D eigenvalue weighted by atomic mass is 10.0. The van der Waals surface area contributed by atoms with Gasteiger partial charge in [-0.15, -0.1) is 0 Å². The van der Waals surface area contributed by atoms with E-state index < -0.39 is 59.9 Å². The van der Waals surface area contributed by atoms with Gasteiger partial charge in [-0.1, -0.05) is 11.6 Å². The average Bonchev–Trinajstić information content (AvgIpc) is 2.36. The summed E-state index contributed by atoms with van der Waals surface area (Å²) in [5, 5.41) is 8.69. The molecule has 0 aromatic heterocycles. The Bertz CT molecular complexity index is 817. The normalized spacial score (nSPS) is 15.8. The summed E-state index contributed by atoms with van der Waals surface area (Å²) in [6.45, 7) is 0.413. The van der Waals surface area contributed by atoms with Crippen LogP contribution in [0, 0.1) is 0 Å². The summed E-state index contributed by atoms with van der Waals surface area (Å²) < 4.78 is 95.9. The van der Waals surface area contributed by atoms with Crippen LogP contribution in [0.3, 0.4) is 0 Å². The van der Waals surface area contributed by atoms with E-state index in [1.54, 1.807) is 0 Å². The minimum absolute atomic E-state index is 0.413. The van der Waals surface area contributed by atoms with Gasteiger partial charge >= 0.3 is 16.3 Å². The predicted octanol–water partition coefficient (Wildman–Crippen LogP) is 2.00. The Balaban J connectivity index is 2.93. The lowest BCUT2D eigenvalue weighted by Gasteiger charge is -2.25. The van der Waals surface area contributed by atoms with Gasteiger partial charge in [0.15, 0.2) is 11.4 Å². The summed E-state index contributed by atoms with van der Waals surface area (Å²) in [6, 6.07) is 2.30. The fourth-order valence-electron chi connectivity index (χ4n) is 1.35. The van der Waals surface area contributed by atoms with E-state index in [2.05, 4.69) is 4.18 Å². The van der Waals surface area contributed by atoms with Crippen LogP contribution in [-0.2, 0) is 20.2 Å². The molecule has 0 aliphatic carbocycles. The maximum absolute atomic E-state index is 12.5. The molecule has 1 unspecified atom stereocenters. The molecule has 1 rings (SSSR count). The number of hydrogen-bond donors (Lipinski definition) is 2. The van der Waals surface area contributed by atoms with Crippen LogP contribution < -0.4 is 4.18 Å². The topological polar surface area (TPSA) is 118 Å². The first kappa shape index (κ1) is 21.0. The van der Waals surface area contributed by atoms with Crippen molar-refractivity contribution in [1.29, 1.82) is 0 Å². The smallest absolute Gasteiger partial charge is 0.381 e. The van der Waals surface area contributed by atoms with Crippen molar-refractivity contribution in [2.24, 2.45) is 0 Å². The molecule has 0 heterocycles. The molecule has 0 saturated heterocycles. The van der Waals surface area contributed by atoms with Crippen molar-refractivity contribution in [1.82, 2.24) is 0 Å². The standard InChI is InChI=1S/C11H12ClF3O7S2/c1-10(16,11(13,14)15)4-5-23(17,18)22-9-3-2-7(6-8(9)12)24(19,20)21/h2-3,6,16H,4-5H2,1H3,(H,19,20,21). The second-order valence-electron chi connectivity index (χ2n) is 4.93. The highest BCUT2D eigenvalue weighted by molar-refractivity contribution is 7.87. The van der Waals surface area contributed by atoms with Crippen LogP contribution in [0.25, 0.3) is 0 Å². The minimum atomic E-state index is -5.03. The Morgan fingerprint density at radius 3 is 2.17 bits per heavy atom. The van der Waals surface area contributed by atoms with Gasteiger partial charge in [-0.05, 0) is 25.1 Å². The number of alkyl halides is 3. The Hall–Kier alpha value is -1.08. The molecule has 1 aromatic carbocycles. The Labute approximate surface area is 140 Å². The van der Waals surface area contributed by atoms with Crippen LogP contribution in [0.5, 0.6) is 5.75 Å². The molecule has 0 bridgehead atoms. The summed E-state index contributed by atoms with van der Waals surface area (Å²) in [6.07, 6.45) is -6.21. The van der Waals surface area contributed by atoms with E-state index in [0.717, 1.165) is 12.1 Å². The molecule has 13 heteroatoms. The molecule has 0 saturated carbocycles. The molecule has 0 aliphatic rings. The Morgan fingerprint density at radius 2 is 1.75 bits per heavy atom. The number of rotatable bonds is 6. The van der Waals surface area contributed by atoms with E-state index in [-0.39, 0.29) is 0 Å². The molecule has 24 heavy (non-hydrogen) atoms. The van der Waals surface area contributed by atoms with Gasteiger partial charge in [0.25, 0.3) is 10.1 Å². The molecule has 7 nitrogen and oxygen atoms in total. The van der Waals surface area contributed by atoms with Crippen LogP contribution in [0.1, 0.15) is 13.3 Å². The van der Waals surface area contributed by atoms with Crippen molar-refractivity contribution in [3.8, 4) is 5.75 Å². The van der Waals surface area contributed by atoms with Crippen molar-refractivity contribution in [2.75, 3.05) is 5.75 Å². The largest absolute Gasteiger partial charge is 0.416 e. The highest BCUT2D eigenvalue weighted by Crippen LogP contribution is 2.33. The van der Waals surface area contributed by atoms with Gasteiger partial charge < -0.3 is 9.29 Å². The molecular formula is C11H12ClF3O7S2. The maximum Gasteiger partial charge on any atom is 0.416 e. The van der Waals surface area contributed by atoms with E-state index in [4.69, 9.17) is 16.2 Å². The lowest BCUT2D eigenvalue weighted by molar-refractivity contribution is -0.253. The van der Waals surface area contributed by atoms with E-state index in [9.17, 15) is 35.1 Å². The zero-order chi connectivity index (χ0) is 19.0. The highest BCUT2D eigenvalue weighted by atomic mass is 35.5. The third kappa shape index (κ3) is 5.48. The first-order valence-electron chi connectivity index (χ1n) is 6.03. The molecule has 2 N–H and O–H groups in total. The van der Waals surface area contributed by atoms with Crippen LogP contribution >= 0.6 is 11.6 Å². The quantitative estimate of drug-likeness (QED) is 0.542. The molecule has 138 valence electrons. The molecule has 1 aromatic rings. The second-order valence-corrected chi connectivity index (χ2v) is 8.45. The van der Waals surface area contributed by atoms with Gasteiger partial charge in [0.2, 0.25) is 0 Å². The predicted molar refractivity (Wildman–Crippen MR) is 77.0 cm³/mol. The van der Waals surface area contributed by atoms with Crippen LogP contribution in [0.2, 0.25) is 5.02 Å². The summed E-state index contributed by atoms with van der Waals surface area (Å²) >= 11 is 5.61. The van der Waals surface area contributed by atoms with E-state index in [1.165, 1.54) is 0 Å². The third-order valence-corrected chi connectivity index (χ3v) is 5.15. The van der Waals surface area contributed by atoms with E-state index in [0.29, 0.717) is 13.0 Å². The van der Waals surface area contributed by atoms with Gasteiger partial charge in [-0.2, -0.15) is 30.0 Å². The summed E-state index contributed by atoms with van der Waals surface area (Å²) in [4.78, 5) is -0.628. The first-order valence-corrected chi connectivity index (χ1v) is 9.43. The molecular weight excluding hydrogens is 401 g/mol. The Morgan fingerprint density at radius 1 is 1.21 bits per heavy atom. The average molecular weight is 413 g/mol. The van der Waals surface area contributed by atoms with Crippen molar-refractivity contribution >= 4 is 31.8 Å². The summed E-state index contributed by atoms with van der Waals surface area (Å²) in [5.41, 5.74) is -3.23.